The van der Waals surface area contributed by atoms with E-state index in [0.29, 0.717) is 31.0 Å². The first kappa shape index (κ1) is 21.1. The summed E-state index contributed by atoms with van der Waals surface area (Å²) in [5.74, 6) is 1.30. The lowest BCUT2D eigenvalue weighted by molar-refractivity contribution is 0.00752. The van der Waals surface area contributed by atoms with Gasteiger partial charge in [-0.3, -0.25) is 9.89 Å². The van der Waals surface area contributed by atoms with Crippen LogP contribution in [0, 0.1) is 5.92 Å². The van der Waals surface area contributed by atoms with E-state index in [1.807, 2.05) is 0 Å². The molecular formula is C15H33N5O3S. The smallest absolute Gasteiger partial charge is 0.211 e. The van der Waals surface area contributed by atoms with Crippen molar-refractivity contribution in [1.82, 2.24) is 20.3 Å². The highest BCUT2D eigenvalue weighted by Gasteiger charge is 2.23. The summed E-state index contributed by atoms with van der Waals surface area (Å²) in [7, 11) is -1.43. The van der Waals surface area contributed by atoms with Crippen LogP contribution in [0.5, 0.6) is 0 Å². The number of aliphatic imine (C=N–C) groups is 1. The van der Waals surface area contributed by atoms with Crippen molar-refractivity contribution < 1.29 is 13.2 Å². The van der Waals surface area contributed by atoms with E-state index in [4.69, 9.17) is 4.74 Å². The first-order valence-electron chi connectivity index (χ1n) is 8.63. The van der Waals surface area contributed by atoms with Gasteiger partial charge in [-0.1, -0.05) is 13.8 Å². The van der Waals surface area contributed by atoms with E-state index in [-0.39, 0.29) is 5.75 Å². The van der Waals surface area contributed by atoms with Gasteiger partial charge in [-0.05, 0) is 12.8 Å². The molecule has 0 radical (unpaired) electrons. The van der Waals surface area contributed by atoms with E-state index in [1.54, 1.807) is 14.0 Å². The second-order valence-electron chi connectivity index (χ2n) is 6.14. The van der Waals surface area contributed by atoms with Crippen LogP contribution in [0.15, 0.2) is 4.99 Å². The molecule has 1 saturated heterocycles. The minimum Gasteiger partial charge on any atom is -0.379 e. The molecule has 1 atom stereocenters. The Bertz CT molecular complexity index is 476. The average molecular weight is 364 g/mol. The molecule has 1 aliphatic rings. The fourth-order valence-corrected chi connectivity index (χ4v) is 3.22. The van der Waals surface area contributed by atoms with Crippen molar-refractivity contribution in [2.45, 2.75) is 26.8 Å². The number of guanidine groups is 1. The van der Waals surface area contributed by atoms with Gasteiger partial charge in [0.25, 0.3) is 0 Å². The van der Waals surface area contributed by atoms with Gasteiger partial charge in [0.15, 0.2) is 5.96 Å². The molecule has 0 amide bonds. The van der Waals surface area contributed by atoms with Crippen molar-refractivity contribution in [3.63, 3.8) is 0 Å². The summed E-state index contributed by atoms with van der Waals surface area (Å²) in [4.78, 5) is 6.64. The van der Waals surface area contributed by atoms with Gasteiger partial charge in [-0.25, -0.2) is 13.1 Å². The van der Waals surface area contributed by atoms with E-state index < -0.39 is 10.0 Å². The maximum absolute atomic E-state index is 11.4. The molecule has 1 fully saturated rings. The molecule has 3 N–H and O–H groups in total. The molecule has 0 saturated carbocycles. The van der Waals surface area contributed by atoms with E-state index in [0.717, 1.165) is 32.8 Å². The van der Waals surface area contributed by atoms with Crippen LogP contribution in [0.1, 0.15) is 20.8 Å². The first-order chi connectivity index (χ1) is 11.4. The standard InChI is InChI=1S/C15H33N5O3S/c1-5-24(21,22)19-7-6-17-15(16-4)18-12-14(13(2)3)20-8-10-23-11-9-20/h13-14,19H,5-12H2,1-4H3,(H2,16,17,18). The number of ether oxygens (including phenoxy) is 1. The molecule has 1 rings (SSSR count). The Morgan fingerprint density at radius 3 is 2.42 bits per heavy atom. The van der Waals surface area contributed by atoms with E-state index in [1.165, 1.54) is 0 Å². The topological polar surface area (TPSA) is 95.1 Å². The Kier molecular flexibility index (Phi) is 9.57. The van der Waals surface area contributed by atoms with Gasteiger partial charge in [0.05, 0.1) is 19.0 Å². The van der Waals surface area contributed by atoms with Crippen LogP contribution >= 0.6 is 0 Å². The van der Waals surface area contributed by atoms with Crippen molar-refractivity contribution in [2.75, 3.05) is 58.7 Å². The Morgan fingerprint density at radius 2 is 1.88 bits per heavy atom. The third-order valence-electron chi connectivity index (χ3n) is 4.11. The fraction of sp³-hybridized carbons (Fsp3) is 0.933. The maximum atomic E-state index is 11.4. The molecule has 9 heteroatoms. The zero-order chi connectivity index (χ0) is 18.0. The number of morpholine rings is 1. The molecule has 0 spiro atoms. The van der Waals surface area contributed by atoms with Gasteiger partial charge in [0, 0.05) is 45.8 Å². The van der Waals surface area contributed by atoms with Crippen LogP contribution in [-0.2, 0) is 14.8 Å². The second-order valence-corrected chi connectivity index (χ2v) is 8.23. The summed E-state index contributed by atoms with van der Waals surface area (Å²) in [6.45, 7) is 11.2. The molecule has 0 aliphatic carbocycles. The quantitative estimate of drug-likeness (QED) is 0.289. The number of hydrogen-bond donors (Lipinski definition) is 3. The lowest BCUT2D eigenvalue weighted by Gasteiger charge is -2.37. The Hall–Kier alpha value is -0.900. The van der Waals surface area contributed by atoms with Crippen molar-refractivity contribution >= 4 is 16.0 Å². The molecule has 0 aromatic heterocycles. The van der Waals surface area contributed by atoms with Crippen LogP contribution in [0.2, 0.25) is 0 Å². The molecular weight excluding hydrogens is 330 g/mol. The maximum Gasteiger partial charge on any atom is 0.211 e. The summed E-state index contributed by atoms with van der Waals surface area (Å²) >= 11 is 0. The number of nitrogens with one attached hydrogen (secondary N) is 3. The van der Waals surface area contributed by atoms with E-state index >= 15 is 0 Å². The largest absolute Gasteiger partial charge is 0.379 e. The monoisotopic (exact) mass is 363 g/mol. The van der Waals surface area contributed by atoms with Crippen LogP contribution in [0.4, 0.5) is 0 Å². The Morgan fingerprint density at radius 1 is 1.21 bits per heavy atom. The first-order valence-corrected chi connectivity index (χ1v) is 10.3. The van der Waals surface area contributed by atoms with Crippen molar-refractivity contribution in [1.29, 1.82) is 0 Å². The molecule has 1 unspecified atom stereocenters. The van der Waals surface area contributed by atoms with Gasteiger partial charge < -0.3 is 15.4 Å². The Balaban J connectivity index is 2.38. The SMILES string of the molecule is CCS(=O)(=O)NCCNC(=NC)NCC(C(C)C)N1CCOCC1. The Labute approximate surface area is 146 Å². The van der Waals surface area contributed by atoms with Crippen LogP contribution < -0.4 is 15.4 Å². The van der Waals surface area contributed by atoms with Crippen LogP contribution in [-0.4, -0.2) is 84.1 Å². The normalized spacial score (nSPS) is 18.6. The molecule has 0 bridgehead atoms. The van der Waals surface area contributed by atoms with E-state index in [9.17, 15) is 8.42 Å². The summed E-state index contributed by atoms with van der Waals surface area (Å²) in [6.07, 6.45) is 0. The highest BCUT2D eigenvalue weighted by Crippen LogP contribution is 2.12. The lowest BCUT2D eigenvalue weighted by atomic mass is 10.0. The second kappa shape index (κ2) is 10.9. The third kappa shape index (κ3) is 7.78. The van der Waals surface area contributed by atoms with Gasteiger partial charge >= 0.3 is 0 Å². The van der Waals surface area contributed by atoms with Gasteiger partial charge in [0.1, 0.15) is 0 Å². The van der Waals surface area contributed by atoms with Gasteiger partial charge in [-0.2, -0.15) is 0 Å². The highest BCUT2D eigenvalue weighted by atomic mass is 32.2. The zero-order valence-electron chi connectivity index (χ0n) is 15.3. The van der Waals surface area contributed by atoms with Crippen molar-refractivity contribution in [3.8, 4) is 0 Å². The number of sulfonamides is 1. The highest BCUT2D eigenvalue weighted by molar-refractivity contribution is 7.89. The predicted molar refractivity (Wildman–Crippen MR) is 97.8 cm³/mol. The van der Waals surface area contributed by atoms with Crippen molar-refractivity contribution in [2.24, 2.45) is 10.9 Å². The van der Waals surface area contributed by atoms with Gasteiger partial charge in [-0.15, -0.1) is 0 Å². The third-order valence-corrected chi connectivity index (χ3v) is 5.51. The van der Waals surface area contributed by atoms with Crippen LogP contribution in [0.3, 0.4) is 0 Å². The lowest BCUT2D eigenvalue weighted by Crippen LogP contribution is -2.53. The molecule has 24 heavy (non-hydrogen) atoms. The number of nitrogens with zero attached hydrogens (tertiary/aromatic N) is 2. The summed E-state index contributed by atoms with van der Waals surface area (Å²) < 4.78 is 30.7. The minimum atomic E-state index is -3.14. The summed E-state index contributed by atoms with van der Waals surface area (Å²) in [5, 5.41) is 6.47. The zero-order valence-corrected chi connectivity index (χ0v) is 16.2. The molecule has 8 nitrogen and oxygen atoms in total. The molecule has 0 aromatic rings. The van der Waals surface area contributed by atoms with Gasteiger partial charge in [0.2, 0.25) is 10.0 Å². The molecule has 1 aliphatic heterocycles. The van der Waals surface area contributed by atoms with E-state index in [2.05, 4.69) is 39.1 Å². The number of rotatable bonds is 9. The summed E-state index contributed by atoms with van der Waals surface area (Å²) in [5.41, 5.74) is 0. The van der Waals surface area contributed by atoms with Crippen molar-refractivity contribution in [3.05, 3.63) is 0 Å². The summed E-state index contributed by atoms with van der Waals surface area (Å²) in [6, 6.07) is 0.408. The molecule has 0 aromatic carbocycles. The molecule has 1 heterocycles. The predicted octanol–water partition coefficient (Wildman–Crippen LogP) is -0.552. The van der Waals surface area contributed by atoms with Crippen LogP contribution in [0.25, 0.3) is 0 Å². The number of hydrogen-bond acceptors (Lipinski definition) is 5. The minimum absolute atomic E-state index is 0.0928. The fourth-order valence-electron chi connectivity index (χ4n) is 2.61. The average Bonchev–Trinajstić information content (AvgIpc) is 2.57. The molecule has 142 valence electrons.